The molecule has 0 rings (SSSR count). The first-order chi connectivity index (χ1) is 9.46. The second-order valence-electron chi connectivity index (χ2n) is 4.67. The summed E-state index contributed by atoms with van der Waals surface area (Å²) in [6.45, 7) is 3.80. The maximum atomic E-state index is 11.8. The van der Waals surface area contributed by atoms with E-state index in [2.05, 4.69) is 22.7 Å². The zero-order valence-electron chi connectivity index (χ0n) is 12.3. The first-order valence-corrected chi connectivity index (χ1v) is 7.42. The van der Waals surface area contributed by atoms with Gasteiger partial charge in [-0.25, -0.2) is 4.79 Å². The van der Waals surface area contributed by atoms with Crippen LogP contribution < -0.4 is 5.32 Å². The molecule has 3 unspecified atom stereocenters. The molecule has 0 radical (unpaired) electrons. The van der Waals surface area contributed by atoms with Crippen LogP contribution in [-0.4, -0.2) is 42.0 Å². The van der Waals surface area contributed by atoms with Gasteiger partial charge in [-0.15, -0.1) is 0 Å². The Labute approximate surface area is 126 Å². The van der Waals surface area contributed by atoms with Crippen LogP contribution in [0.25, 0.3) is 0 Å². The standard InChI is InChI=1S/C14H25NO4S/c1-4-10(2)13(14(18)19-3)15-12(17)9-11(16)7-5-6-8-20/h5,7,10-11,13,16,20H,4,6,8-9H2,1-3H3,(H,15,17)/b7-5+. The SMILES string of the molecule is CCC(C)C(NC(=O)CC(O)/C=C/CCS)C(=O)OC. The minimum Gasteiger partial charge on any atom is -0.467 e. The Balaban J connectivity index is 4.42. The van der Waals surface area contributed by atoms with Gasteiger partial charge in [0, 0.05) is 0 Å². The minimum absolute atomic E-state index is 0.0248. The third kappa shape index (κ3) is 7.55. The number of ether oxygens (including phenoxy) is 1. The summed E-state index contributed by atoms with van der Waals surface area (Å²) < 4.78 is 4.68. The molecule has 0 saturated heterocycles. The number of carbonyl (C=O) groups excluding carboxylic acids is 2. The molecule has 2 N–H and O–H groups in total. The zero-order chi connectivity index (χ0) is 15.5. The smallest absolute Gasteiger partial charge is 0.328 e. The van der Waals surface area contributed by atoms with Crippen LogP contribution in [0.15, 0.2) is 12.2 Å². The third-order valence-corrected chi connectivity index (χ3v) is 3.29. The molecule has 3 atom stereocenters. The van der Waals surface area contributed by atoms with Crippen LogP contribution >= 0.6 is 12.6 Å². The Bertz CT molecular complexity index is 333. The van der Waals surface area contributed by atoms with Gasteiger partial charge in [-0.1, -0.05) is 32.4 Å². The molecule has 20 heavy (non-hydrogen) atoms. The number of aliphatic hydroxyl groups excluding tert-OH is 1. The lowest BCUT2D eigenvalue weighted by Gasteiger charge is -2.22. The number of thiol groups is 1. The van der Waals surface area contributed by atoms with Crippen LogP contribution in [0.1, 0.15) is 33.1 Å². The Hall–Kier alpha value is -1.01. The van der Waals surface area contributed by atoms with Gasteiger partial charge in [0.25, 0.3) is 0 Å². The fourth-order valence-corrected chi connectivity index (χ4v) is 1.76. The van der Waals surface area contributed by atoms with E-state index in [1.54, 1.807) is 12.2 Å². The normalized spacial score (nSPS) is 15.7. The molecule has 0 heterocycles. The molecule has 0 aromatic heterocycles. The Morgan fingerprint density at radius 3 is 2.60 bits per heavy atom. The second kappa shape index (κ2) is 10.7. The van der Waals surface area contributed by atoms with Gasteiger partial charge in [-0.05, 0) is 18.1 Å². The van der Waals surface area contributed by atoms with E-state index in [0.717, 1.165) is 12.8 Å². The van der Waals surface area contributed by atoms with Crippen LogP contribution in [0, 0.1) is 5.92 Å². The molecular formula is C14H25NO4S. The molecule has 116 valence electrons. The first-order valence-electron chi connectivity index (χ1n) is 6.79. The Morgan fingerprint density at radius 1 is 1.45 bits per heavy atom. The van der Waals surface area contributed by atoms with Gasteiger partial charge in [0.15, 0.2) is 0 Å². The van der Waals surface area contributed by atoms with E-state index in [4.69, 9.17) is 0 Å². The summed E-state index contributed by atoms with van der Waals surface area (Å²) in [7, 11) is 1.29. The van der Waals surface area contributed by atoms with E-state index in [1.165, 1.54) is 7.11 Å². The molecule has 0 bridgehead atoms. The molecule has 1 amide bonds. The zero-order valence-corrected chi connectivity index (χ0v) is 13.2. The van der Waals surface area contributed by atoms with Crippen molar-refractivity contribution < 1.29 is 19.4 Å². The summed E-state index contributed by atoms with van der Waals surface area (Å²) in [5.74, 6) is -0.173. The summed E-state index contributed by atoms with van der Waals surface area (Å²) in [6.07, 6.45) is 3.88. The van der Waals surface area contributed by atoms with Gasteiger partial charge in [0.05, 0.1) is 19.6 Å². The summed E-state index contributed by atoms with van der Waals surface area (Å²) in [5.41, 5.74) is 0. The molecular weight excluding hydrogens is 278 g/mol. The minimum atomic E-state index is -0.856. The van der Waals surface area contributed by atoms with Crippen LogP contribution in [0.2, 0.25) is 0 Å². The number of hydrogen-bond donors (Lipinski definition) is 3. The number of esters is 1. The highest BCUT2D eigenvalue weighted by atomic mass is 32.1. The van der Waals surface area contributed by atoms with Crippen molar-refractivity contribution >= 4 is 24.5 Å². The van der Waals surface area contributed by atoms with Crippen LogP contribution in [-0.2, 0) is 14.3 Å². The summed E-state index contributed by atoms with van der Waals surface area (Å²) in [4.78, 5) is 23.4. The molecule has 0 fully saturated rings. The predicted molar refractivity (Wildman–Crippen MR) is 81.6 cm³/mol. The van der Waals surface area contributed by atoms with E-state index in [0.29, 0.717) is 5.75 Å². The van der Waals surface area contributed by atoms with Gasteiger partial charge in [0.1, 0.15) is 6.04 Å². The average molecular weight is 303 g/mol. The number of allylic oxidation sites excluding steroid dienone is 1. The van der Waals surface area contributed by atoms with E-state index >= 15 is 0 Å². The largest absolute Gasteiger partial charge is 0.467 e. The molecule has 5 nitrogen and oxygen atoms in total. The number of methoxy groups -OCH3 is 1. The van der Waals surface area contributed by atoms with Gasteiger partial charge in [-0.2, -0.15) is 12.6 Å². The number of carbonyl (C=O) groups is 2. The second-order valence-corrected chi connectivity index (χ2v) is 5.11. The van der Waals surface area contributed by atoms with Crippen molar-refractivity contribution in [2.24, 2.45) is 5.92 Å². The molecule has 0 aromatic rings. The van der Waals surface area contributed by atoms with Crippen LogP contribution in [0.3, 0.4) is 0 Å². The molecule has 0 spiro atoms. The number of nitrogens with one attached hydrogen (secondary N) is 1. The quantitative estimate of drug-likeness (QED) is 0.341. The average Bonchev–Trinajstić information content (AvgIpc) is 2.43. The summed E-state index contributed by atoms with van der Waals surface area (Å²) in [5, 5.41) is 12.3. The van der Waals surface area contributed by atoms with Gasteiger partial charge < -0.3 is 15.2 Å². The molecule has 0 saturated carbocycles. The maximum absolute atomic E-state index is 11.8. The van der Waals surface area contributed by atoms with Crippen molar-refractivity contribution in [2.75, 3.05) is 12.9 Å². The Morgan fingerprint density at radius 2 is 2.10 bits per heavy atom. The fourth-order valence-electron chi connectivity index (χ4n) is 1.61. The van der Waals surface area contributed by atoms with Gasteiger partial charge >= 0.3 is 5.97 Å². The maximum Gasteiger partial charge on any atom is 0.328 e. The summed E-state index contributed by atoms with van der Waals surface area (Å²) in [6, 6.07) is -0.675. The molecule has 0 aliphatic rings. The van der Waals surface area contributed by atoms with Crippen LogP contribution in [0.4, 0.5) is 0 Å². The van der Waals surface area contributed by atoms with E-state index in [9.17, 15) is 14.7 Å². The van der Waals surface area contributed by atoms with Crippen LogP contribution in [0.5, 0.6) is 0 Å². The lowest BCUT2D eigenvalue weighted by atomic mass is 9.99. The van der Waals surface area contributed by atoms with E-state index in [1.807, 2.05) is 13.8 Å². The number of rotatable bonds is 9. The van der Waals surface area contributed by atoms with Crippen molar-refractivity contribution in [2.45, 2.75) is 45.3 Å². The lowest BCUT2D eigenvalue weighted by molar-refractivity contribution is -0.146. The molecule has 0 aliphatic carbocycles. The highest BCUT2D eigenvalue weighted by Crippen LogP contribution is 2.10. The number of aliphatic hydroxyl groups is 1. The monoisotopic (exact) mass is 303 g/mol. The van der Waals surface area contributed by atoms with Crippen molar-refractivity contribution in [1.82, 2.24) is 5.32 Å². The topological polar surface area (TPSA) is 75.6 Å². The third-order valence-electron chi connectivity index (χ3n) is 3.03. The highest BCUT2D eigenvalue weighted by Gasteiger charge is 2.26. The summed E-state index contributed by atoms with van der Waals surface area (Å²) >= 11 is 4.04. The van der Waals surface area contributed by atoms with E-state index in [-0.39, 0.29) is 18.2 Å². The number of amides is 1. The Kier molecular flexibility index (Phi) is 10.2. The molecule has 0 aliphatic heterocycles. The van der Waals surface area contributed by atoms with Gasteiger partial charge in [-0.3, -0.25) is 4.79 Å². The number of hydrogen-bond acceptors (Lipinski definition) is 5. The lowest BCUT2D eigenvalue weighted by Crippen LogP contribution is -2.46. The van der Waals surface area contributed by atoms with E-state index < -0.39 is 18.1 Å². The fraction of sp³-hybridized carbons (Fsp3) is 0.714. The molecule has 0 aromatic carbocycles. The first kappa shape index (κ1) is 19.0. The predicted octanol–water partition coefficient (Wildman–Crippen LogP) is 1.32. The van der Waals surface area contributed by atoms with Crippen molar-refractivity contribution in [3.63, 3.8) is 0 Å². The van der Waals surface area contributed by atoms with Gasteiger partial charge in [0.2, 0.25) is 5.91 Å². The van der Waals surface area contributed by atoms with Crippen molar-refractivity contribution in [1.29, 1.82) is 0 Å². The molecule has 6 heteroatoms. The van der Waals surface area contributed by atoms with Crippen molar-refractivity contribution in [3.05, 3.63) is 12.2 Å². The van der Waals surface area contributed by atoms with Crippen molar-refractivity contribution in [3.8, 4) is 0 Å². The highest BCUT2D eigenvalue weighted by molar-refractivity contribution is 7.80.